The lowest BCUT2D eigenvalue weighted by atomic mass is 9.76. The van der Waals surface area contributed by atoms with E-state index in [-0.39, 0.29) is 24.5 Å². The van der Waals surface area contributed by atoms with Crippen molar-refractivity contribution in [2.45, 2.75) is 59.3 Å². The summed E-state index contributed by atoms with van der Waals surface area (Å²) in [6.45, 7) is 9.67. The first-order valence-corrected chi connectivity index (χ1v) is 9.02. The first-order chi connectivity index (χ1) is 12.1. The number of amides is 1. The van der Waals surface area contributed by atoms with Gasteiger partial charge < -0.3 is 14.8 Å². The maximum absolute atomic E-state index is 12.8. The lowest BCUT2D eigenvalue weighted by molar-refractivity contribution is -0.157. The van der Waals surface area contributed by atoms with Crippen molar-refractivity contribution >= 4 is 12.1 Å². The molecular weight excluding hydrogens is 330 g/mol. The summed E-state index contributed by atoms with van der Waals surface area (Å²) in [4.78, 5) is 24.8. The molecule has 0 heterocycles. The summed E-state index contributed by atoms with van der Waals surface area (Å²) in [5.41, 5.74) is -0.352. The first kappa shape index (κ1) is 20.0. The van der Waals surface area contributed by atoms with E-state index in [2.05, 4.69) is 5.32 Å². The van der Waals surface area contributed by atoms with Crippen molar-refractivity contribution in [3.8, 4) is 0 Å². The van der Waals surface area contributed by atoms with Gasteiger partial charge in [-0.25, -0.2) is 4.79 Å². The van der Waals surface area contributed by atoms with Crippen LogP contribution in [0.15, 0.2) is 42.5 Å². The lowest BCUT2D eigenvalue weighted by Crippen LogP contribution is -2.41. The first-order valence-electron chi connectivity index (χ1n) is 9.02. The van der Waals surface area contributed by atoms with Gasteiger partial charge in [-0.15, -0.1) is 0 Å². The molecule has 0 saturated heterocycles. The third-order valence-corrected chi connectivity index (χ3v) is 4.51. The van der Waals surface area contributed by atoms with Gasteiger partial charge in [-0.1, -0.05) is 56.3 Å². The van der Waals surface area contributed by atoms with Gasteiger partial charge in [-0.3, -0.25) is 4.79 Å². The van der Waals surface area contributed by atoms with Crippen molar-refractivity contribution in [2.24, 2.45) is 11.3 Å². The molecule has 142 valence electrons. The van der Waals surface area contributed by atoms with Gasteiger partial charge in [-0.2, -0.15) is 0 Å². The zero-order valence-corrected chi connectivity index (χ0v) is 16.2. The van der Waals surface area contributed by atoms with E-state index in [9.17, 15) is 9.59 Å². The van der Waals surface area contributed by atoms with E-state index in [0.29, 0.717) is 6.42 Å². The monoisotopic (exact) mass is 359 g/mol. The molecule has 1 aliphatic carbocycles. The molecule has 0 radical (unpaired) electrons. The molecule has 1 unspecified atom stereocenters. The number of nitrogens with one attached hydrogen (secondary N) is 1. The van der Waals surface area contributed by atoms with Gasteiger partial charge in [0.05, 0.1) is 11.5 Å². The topological polar surface area (TPSA) is 64.6 Å². The zero-order valence-electron chi connectivity index (χ0n) is 16.2. The standard InChI is InChI=1S/C21H29NO4/c1-15(2)21(18(23)25-14-16-9-7-6-8-10-16)12-11-17(13-21)22-19(24)26-20(3,4)5/h6-12,15,17H,13-14H2,1-5H3,(H,22,24)/t17?,21-/m0/s1. The molecule has 1 amide bonds. The van der Waals surface area contributed by atoms with Crippen LogP contribution in [0, 0.1) is 11.3 Å². The van der Waals surface area contributed by atoms with Crippen LogP contribution in [0.25, 0.3) is 0 Å². The van der Waals surface area contributed by atoms with Gasteiger partial charge in [0.1, 0.15) is 12.2 Å². The molecule has 0 saturated carbocycles. The van der Waals surface area contributed by atoms with Gasteiger partial charge in [0.2, 0.25) is 0 Å². The number of esters is 1. The van der Waals surface area contributed by atoms with Crippen LogP contribution in [-0.4, -0.2) is 23.7 Å². The smallest absolute Gasteiger partial charge is 0.408 e. The lowest BCUT2D eigenvalue weighted by Gasteiger charge is -2.30. The summed E-state index contributed by atoms with van der Waals surface area (Å²) in [5.74, 6) is -0.214. The second-order valence-electron chi connectivity index (χ2n) is 8.07. The van der Waals surface area contributed by atoms with Crippen molar-refractivity contribution in [3.63, 3.8) is 0 Å². The van der Waals surface area contributed by atoms with Crippen LogP contribution in [0.1, 0.15) is 46.6 Å². The van der Waals surface area contributed by atoms with E-state index in [1.807, 2.05) is 77.1 Å². The van der Waals surface area contributed by atoms with E-state index in [1.165, 1.54) is 0 Å². The highest BCUT2D eigenvalue weighted by molar-refractivity contribution is 5.81. The van der Waals surface area contributed by atoms with Crippen LogP contribution in [-0.2, 0) is 20.9 Å². The third kappa shape index (κ3) is 5.10. The number of carbonyl (C=O) groups is 2. The summed E-state index contributed by atoms with van der Waals surface area (Å²) < 4.78 is 10.9. The van der Waals surface area contributed by atoms with Crippen molar-refractivity contribution in [3.05, 3.63) is 48.0 Å². The molecule has 0 aliphatic heterocycles. The Morgan fingerprint density at radius 3 is 2.46 bits per heavy atom. The van der Waals surface area contributed by atoms with Crippen LogP contribution < -0.4 is 5.32 Å². The Morgan fingerprint density at radius 1 is 1.23 bits per heavy atom. The Labute approximate surface area is 155 Å². The zero-order chi connectivity index (χ0) is 19.4. The maximum atomic E-state index is 12.8. The molecule has 0 fully saturated rings. The molecule has 0 aromatic heterocycles. The second kappa shape index (κ2) is 7.94. The Kier molecular flexibility index (Phi) is 6.11. The fourth-order valence-electron chi connectivity index (χ4n) is 3.02. The van der Waals surface area contributed by atoms with Crippen molar-refractivity contribution < 1.29 is 19.1 Å². The van der Waals surface area contributed by atoms with E-state index >= 15 is 0 Å². The fourth-order valence-corrected chi connectivity index (χ4v) is 3.02. The number of hydrogen-bond donors (Lipinski definition) is 1. The molecule has 1 aromatic carbocycles. The molecule has 1 N–H and O–H groups in total. The Bertz CT molecular complexity index is 660. The number of hydrogen-bond acceptors (Lipinski definition) is 4. The molecule has 5 nitrogen and oxygen atoms in total. The van der Waals surface area contributed by atoms with E-state index in [0.717, 1.165) is 5.56 Å². The van der Waals surface area contributed by atoms with Gasteiger partial charge in [-0.05, 0) is 38.7 Å². The van der Waals surface area contributed by atoms with Gasteiger partial charge in [0.25, 0.3) is 0 Å². The normalized spacial score (nSPS) is 22.3. The Balaban J connectivity index is 1.99. The molecule has 2 atom stereocenters. The quantitative estimate of drug-likeness (QED) is 0.631. The van der Waals surface area contributed by atoms with Crippen LogP contribution in [0.4, 0.5) is 4.79 Å². The van der Waals surface area contributed by atoms with Crippen LogP contribution in [0.2, 0.25) is 0 Å². The minimum Gasteiger partial charge on any atom is -0.460 e. The molecule has 0 spiro atoms. The highest BCUT2D eigenvalue weighted by Gasteiger charge is 2.46. The molecule has 0 bridgehead atoms. The number of alkyl carbamates (subject to hydrolysis) is 1. The molecular formula is C21H29NO4. The molecule has 1 aliphatic rings. The van der Waals surface area contributed by atoms with Crippen molar-refractivity contribution in [2.75, 3.05) is 0 Å². The average molecular weight is 359 g/mol. The predicted octanol–water partition coefficient (Wildman–Crippen LogP) is 4.23. The van der Waals surface area contributed by atoms with Crippen LogP contribution >= 0.6 is 0 Å². The third-order valence-electron chi connectivity index (χ3n) is 4.51. The summed E-state index contributed by atoms with van der Waals surface area (Å²) >= 11 is 0. The second-order valence-corrected chi connectivity index (χ2v) is 8.07. The highest BCUT2D eigenvalue weighted by Crippen LogP contribution is 2.41. The molecule has 5 heteroatoms. The summed E-state index contributed by atoms with van der Waals surface area (Å²) in [5, 5.41) is 2.82. The Morgan fingerprint density at radius 2 is 1.88 bits per heavy atom. The number of benzene rings is 1. The Hall–Kier alpha value is -2.30. The van der Waals surface area contributed by atoms with E-state index in [1.54, 1.807) is 0 Å². The summed E-state index contributed by atoms with van der Waals surface area (Å²) in [6.07, 6.45) is 3.71. The number of carbonyl (C=O) groups excluding carboxylic acids is 2. The minimum absolute atomic E-state index is 0.0486. The predicted molar refractivity (Wildman–Crippen MR) is 100 cm³/mol. The molecule has 26 heavy (non-hydrogen) atoms. The minimum atomic E-state index is -0.742. The molecule has 2 rings (SSSR count). The van der Waals surface area contributed by atoms with Gasteiger partial charge in [0, 0.05) is 0 Å². The van der Waals surface area contributed by atoms with Crippen LogP contribution in [0.3, 0.4) is 0 Å². The molecule has 1 aromatic rings. The fraction of sp³-hybridized carbons (Fsp3) is 0.524. The van der Waals surface area contributed by atoms with E-state index < -0.39 is 17.1 Å². The highest BCUT2D eigenvalue weighted by atomic mass is 16.6. The summed E-state index contributed by atoms with van der Waals surface area (Å²) in [6, 6.07) is 9.35. The number of rotatable bonds is 5. The van der Waals surface area contributed by atoms with Crippen molar-refractivity contribution in [1.29, 1.82) is 0 Å². The van der Waals surface area contributed by atoms with Gasteiger partial charge >= 0.3 is 12.1 Å². The van der Waals surface area contributed by atoms with E-state index in [4.69, 9.17) is 9.47 Å². The average Bonchev–Trinajstić information content (AvgIpc) is 2.97. The van der Waals surface area contributed by atoms with Crippen LogP contribution in [0.5, 0.6) is 0 Å². The SMILES string of the molecule is CC(C)[C@]1(C(=O)OCc2ccccc2)C=CC(NC(=O)OC(C)(C)C)C1. The van der Waals surface area contributed by atoms with Gasteiger partial charge in [0.15, 0.2) is 0 Å². The number of ether oxygens (including phenoxy) is 2. The maximum Gasteiger partial charge on any atom is 0.408 e. The van der Waals surface area contributed by atoms with Crippen molar-refractivity contribution in [1.82, 2.24) is 5.32 Å². The summed E-state index contributed by atoms with van der Waals surface area (Å²) in [7, 11) is 0. The largest absolute Gasteiger partial charge is 0.460 e.